The number of anilines is 1. The fourth-order valence-corrected chi connectivity index (χ4v) is 2.15. The van der Waals surface area contributed by atoms with E-state index in [1.165, 1.54) is 0 Å². The number of carbonyl (C=O) groups excluding carboxylic acids is 1. The van der Waals surface area contributed by atoms with Gasteiger partial charge in [0.05, 0.1) is 5.69 Å². The van der Waals surface area contributed by atoms with Crippen LogP contribution >= 0.6 is 11.8 Å². The van der Waals surface area contributed by atoms with Crippen LogP contribution in [0.3, 0.4) is 0 Å². The summed E-state index contributed by atoms with van der Waals surface area (Å²) in [7, 11) is 1.84. The molecule has 0 spiro atoms. The lowest BCUT2D eigenvalue weighted by atomic mass is 9.95. The van der Waals surface area contributed by atoms with Crippen LogP contribution in [0.25, 0.3) is 0 Å². The molecule has 0 bridgehead atoms. The second kappa shape index (κ2) is 4.91. The molecule has 0 aliphatic heterocycles. The molecule has 0 fully saturated rings. The maximum atomic E-state index is 12.1. The summed E-state index contributed by atoms with van der Waals surface area (Å²) in [5.74, 6) is 0.133. The minimum absolute atomic E-state index is 0.133. The van der Waals surface area contributed by atoms with E-state index in [0.717, 1.165) is 10.6 Å². The lowest BCUT2D eigenvalue weighted by Gasteiger charge is -2.27. The first-order valence-corrected chi connectivity index (χ1v) is 6.51. The molecule has 0 aliphatic rings. The normalized spacial score (nSPS) is 11.3. The number of hydrogen-bond acceptors (Lipinski definition) is 2. The van der Waals surface area contributed by atoms with Crippen molar-refractivity contribution in [3.63, 3.8) is 0 Å². The molecule has 1 aromatic carbocycles. The standard InChI is InChI=1S/C13H19NOS/c1-13(2,3)12(15)14(4)10-8-6-7-9-11(10)16-5/h6-9H,1-5H3. The molecule has 3 heteroatoms. The summed E-state index contributed by atoms with van der Waals surface area (Å²) in [5, 5.41) is 0. The first-order chi connectivity index (χ1) is 7.38. The highest BCUT2D eigenvalue weighted by molar-refractivity contribution is 7.98. The van der Waals surface area contributed by atoms with Crippen molar-refractivity contribution in [2.24, 2.45) is 5.41 Å². The zero-order valence-corrected chi connectivity index (χ0v) is 11.4. The number of amides is 1. The average molecular weight is 237 g/mol. The Labute approximate surface area is 102 Å². The summed E-state index contributed by atoms with van der Waals surface area (Å²) in [4.78, 5) is 15.0. The van der Waals surface area contributed by atoms with E-state index in [0.29, 0.717) is 0 Å². The first-order valence-electron chi connectivity index (χ1n) is 5.29. The van der Waals surface area contributed by atoms with Crippen LogP contribution in [0.1, 0.15) is 20.8 Å². The van der Waals surface area contributed by atoms with Gasteiger partial charge in [-0.1, -0.05) is 32.9 Å². The number of hydrogen-bond donors (Lipinski definition) is 0. The van der Waals surface area contributed by atoms with Crippen molar-refractivity contribution >= 4 is 23.4 Å². The smallest absolute Gasteiger partial charge is 0.232 e. The molecule has 2 nitrogen and oxygen atoms in total. The number of para-hydroxylation sites is 1. The zero-order valence-electron chi connectivity index (χ0n) is 10.6. The predicted molar refractivity (Wildman–Crippen MR) is 71.1 cm³/mol. The van der Waals surface area contributed by atoms with Gasteiger partial charge in [-0.2, -0.15) is 0 Å². The van der Waals surface area contributed by atoms with Crippen LogP contribution in [0.4, 0.5) is 5.69 Å². The van der Waals surface area contributed by atoms with Gasteiger partial charge >= 0.3 is 0 Å². The summed E-state index contributed by atoms with van der Waals surface area (Å²) in [5.41, 5.74) is 0.634. The summed E-state index contributed by atoms with van der Waals surface area (Å²) in [6, 6.07) is 7.97. The van der Waals surface area contributed by atoms with Gasteiger partial charge in [-0.25, -0.2) is 0 Å². The van der Waals surface area contributed by atoms with E-state index in [4.69, 9.17) is 0 Å². The van der Waals surface area contributed by atoms with Crippen molar-refractivity contribution in [3.8, 4) is 0 Å². The van der Waals surface area contributed by atoms with E-state index < -0.39 is 0 Å². The molecule has 0 heterocycles. The Morgan fingerprint density at radius 1 is 1.25 bits per heavy atom. The van der Waals surface area contributed by atoms with Crippen LogP contribution < -0.4 is 4.90 Å². The Morgan fingerprint density at radius 2 is 1.81 bits per heavy atom. The van der Waals surface area contributed by atoms with Gasteiger partial charge in [0.25, 0.3) is 0 Å². The van der Waals surface area contributed by atoms with Crippen molar-refractivity contribution in [1.29, 1.82) is 0 Å². The van der Waals surface area contributed by atoms with Gasteiger partial charge < -0.3 is 4.90 Å². The lowest BCUT2D eigenvalue weighted by molar-refractivity contribution is -0.125. The van der Waals surface area contributed by atoms with E-state index in [1.54, 1.807) is 16.7 Å². The van der Waals surface area contributed by atoms with Gasteiger partial charge in [-0.3, -0.25) is 4.79 Å². The molecule has 0 unspecified atom stereocenters. The third-order valence-corrected chi connectivity index (χ3v) is 3.18. The van der Waals surface area contributed by atoms with Gasteiger partial charge in [-0.05, 0) is 18.4 Å². The highest BCUT2D eigenvalue weighted by atomic mass is 32.2. The molecule has 1 amide bonds. The Balaban J connectivity index is 3.05. The molecule has 1 rings (SSSR count). The number of carbonyl (C=O) groups is 1. The zero-order chi connectivity index (χ0) is 12.3. The van der Waals surface area contributed by atoms with Gasteiger partial charge in [0.15, 0.2) is 0 Å². The SMILES string of the molecule is CSc1ccccc1N(C)C(=O)C(C)(C)C. The molecule has 0 saturated heterocycles. The highest BCUT2D eigenvalue weighted by Crippen LogP contribution is 2.30. The molecular formula is C13H19NOS. The second-order valence-electron chi connectivity index (χ2n) is 4.79. The molecular weight excluding hydrogens is 218 g/mol. The molecule has 16 heavy (non-hydrogen) atoms. The monoisotopic (exact) mass is 237 g/mol. The van der Waals surface area contributed by atoms with Crippen LogP contribution in [-0.4, -0.2) is 19.2 Å². The Bertz CT molecular complexity index is 382. The van der Waals surface area contributed by atoms with E-state index in [2.05, 4.69) is 0 Å². The van der Waals surface area contributed by atoms with Crippen molar-refractivity contribution in [2.75, 3.05) is 18.2 Å². The van der Waals surface area contributed by atoms with Crippen LogP contribution in [0.2, 0.25) is 0 Å². The van der Waals surface area contributed by atoms with Crippen molar-refractivity contribution in [1.82, 2.24) is 0 Å². The molecule has 88 valence electrons. The summed E-state index contributed by atoms with van der Waals surface area (Å²) >= 11 is 1.66. The number of thioether (sulfide) groups is 1. The molecule has 0 saturated carbocycles. The maximum absolute atomic E-state index is 12.1. The van der Waals surface area contributed by atoms with E-state index in [9.17, 15) is 4.79 Å². The summed E-state index contributed by atoms with van der Waals surface area (Å²) in [6.07, 6.45) is 2.02. The molecule has 1 aromatic rings. The molecule has 0 radical (unpaired) electrons. The van der Waals surface area contributed by atoms with Gasteiger partial charge in [0.1, 0.15) is 0 Å². The average Bonchev–Trinajstić information content (AvgIpc) is 2.25. The van der Waals surface area contributed by atoms with Gasteiger partial charge in [0, 0.05) is 17.4 Å². The quantitative estimate of drug-likeness (QED) is 0.735. The van der Waals surface area contributed by atoms with Gasteiger partial charge in [0.2, 0.25) is 5.91 Å². The number of rotatable bonds is 2. The van der Waals surface area contributed by atoms with Crippen molar-refractivity contribution in [3.05, 3.63) is 24.3 Å². The van der Waals surface area contributed by atoms with Gasteiger partial charge in [-0.15, -0.1) is 11.8 Å². The van der Waals surface area contributed by atoms with E-state index >= 15 is 0 Å². The molecule has 0 atom stereocenters. The number of benzene rings is 1. The van der Waals surface area contributed by atoms with Crippen LogP contribution in [0, 0.1) is 5.41 Å². The molecule has 0 N–H and O–H groups in total. The second-order valence-corrected chi connectivity index (χ2v) is 5.63. The molecule has 0 aromatic heterocycles. The van der Waals surface area contributed by atoms with Crippen LogP contribution in [0.15, 0.2) is 29.2 Å². The minimum Gasteiger partial charge on any atom is -0.314 e. The van der Waals surface area contributed by atoms with Crippen LogP contribution in [0.5, 0.6) is 0 Å². The predicted octanol–water partition coefficient (Wildman–Crippen LogP) is 3.42. The topological polar surface area (TPSA) is 20.3 Å². The highest BCUT2D eigenvalue weighted by Gasteiger charge is 2.26. The van der Waals surface area contributed by atoms with E-state index in [1.807, 2.05) is 58.3 Å². The Morgan fingerprint density at radius 3 is 2.31 bits per heavy atom. The third-order valence-electron chi connectivity index (χ3n) is 2.39. The number of nitrogens with zero attached hydrogens (tertiary/aromatic N) is 1. The first kappa shape index (κ1) is 13.1. The summed E-state index contributed by atoms with van der Waals surface area (Å²) < 4.78 is 0. The van der Waals surface area contributed by atoms with Crippen LogP contribution in [-0.2, 0) is 4.79 Å². The Hall–Kier alpha value is -0.960. The van der Waals surface area contributed by atoms with Crippen molar-refractivity contribution < 1.29 is 4.79 Å². The summed E-state index contributed by atoms with van der Waals surface area (Å²) in [6.45, 7) is 5.81. The molecule has 0 aliphatic carbocycles. The minimum atomic E-state index is -0.347. The Kier molecular flexibility index (Phi) is 4.03. The lowest BCUT2D eigenvalue weighted by Crippen LogP contribution is -2.36. The van der Waals surface area contributed by atoms with Crippen molar-refractivity contribution in [2.45, 2.75) is 25.7 Å². The maximum Gasteiger partial charge on any atom is 0.232 e. The fraction of sp³-hybridized carbons (Fsp3) is 0.462. The fourth-order valence-electron chi connectivity index (χ4n) is 1.52. The van der Waals surface area contributed by atoms with E-state index in [-0.39, 0.29) is 11.3 Å². The third kappa shape index (κ3) is 2.79. The largest absolute Gasteiger partial charge is 0.314 e.